The lowest BCUT2D eigenvalue weighted by atomic mass is 9.99. The Balaban J connectivity index is 1.75. The van der Waals surface area contributed by atoms with Gasteiger partial charge in [-0.3, -0.25) is 4.79 Å². The standard InChI is InChI=1S/C21H24ClN3O3/c1-13(2)20(26)25-10-4-5-14-11-16(7-8-18(14)25)23-21(27)24-17-12-15(22)6-9-19(17)28-3/h6-9,11-13H,4-5,10H2,1-3H3,(H2,23,24,27). The van der Waals surface area contributed by atoms with Crippen molar-refractivity contribution in [2.45, 2.75) is 26.7 Å². The molecule has 0 atom stereocenters. The van der Waals surface area contributed by atoms with Crippen molar-refractivity contribution in [1.29, 1.82) is 0 Å². The topological polar surface area (TPSA) is 70.7 Å². The van der Waals surface area contributed by atoms with Crippen molar-refractivity contribution in [2.75, 3.05) is 29.2 Å². The average Bonchev–Trinajstić information content (AvgIpc) is 2.66. The Kier molecular flexibility index (Phi) is 6.09. The lowest BCUT2D eigenvalue weighted by Crippen LogP contribution is -2.38. The summed E-state index contributed by atoms with van der Waals surface area (Å²) in [5, 5.41) is 6.07. The average molecular weight is 402 g/mol. The number of halogens is 1. The summed E-state index contributed by atoms with van der Waals surface area (Å²) in [6.45, 7) is 4.54. The molecule has 6 nitrogen and oxygen atoms in total. The lowest BCUT2D eigenvalue weighted by Gasteiger charge is -2.31. The van der Waals surface area contributed by atoms with Crippen LogP contribution < -0.4 is 20.3 Å². The molecule has 1 heterocycles. The van der Waals surface area contributed by atoms with Crippen LogP contribution >= 0.6 is 11.6 Å². The van der Waals surface area contributed by atoms with Crippen molar-refractivity contribution in [3.63, 3.8) is 0 Å². The maximum Gasteiger partial charge on any atom is 0.323 e. The van der Waals surface area contributed by atoms with Crippen molar-refractivity contribution < 1.29 is 14.3 Å². The summed E-state index contributed by atoms with van der Waals surface area (Å²) < 4.78 is 5.24. The Hall–Kier alpha value is -2.73. The molecule has 0 aliphatic carbocycles. The summed E-state index contributed by atoms with van der Waals surface area (Å²) in [6.07, 6.45) is 1.78. The maximum absolute atomic E-state index is 12.4. The van der Waals surface area contributed by atoms with Gasteiger partial charge in [0.05, 0.1) is 12.8 Å². The summed E-state index contributed by atoms with van der Waals surface area (Å²) in [5.41, 5.74) is 3.13. The third-order valence-electron chi connectivity index (χ3n) is 4.63. The number of rotatable bonds is 4. The molecule has 0 fully saturated rings. The van der Waals surface area contributed by atoms with Crippen LogP contribution in [0.5, 0.6) is 5.75 Å². The van der Waals surface area contributed by atoms with E-state index in [1.54, 1.807) is 24.3 Å². The highest BCUT2D eigenvalue weighted by atomic mass is 35.5. The number of aryl methyl sites for hydroxylation is 1. The second-order valence-corrected chi connectivity index (χ2v) is 7.45. The van der Waals surface area contributed by atoms with E-state index >= 15 is 0 Å². The molecule has 0 saturated carbocycles. The van der Waals surface area contributed by atoms with Crippen LogP contribution in [0.3, 0.4) is 0 Å². The van der Waals surface area contributed by atoms with Gasteiger partial charge in [-0.1, -0.05) is 25.4 Å². The summed E-state index contributed by atoms with van der Waals surface area (Å²) in [7, 11) is 1.53. The van der Waals surface area contributed by atoms with Crippen LogP contribution in [0.4, 0.5) is 21.9 Å². The Labute approximate surface area is 169 Å². The molecule has 3 rings (SSSR count). The van der Waals surface area contributed by atoms with Gasteiger partial charge in [-0.25, -0.2) is 4.79 Å². The number of methoxy groups -OCH3 is 1. The fourth-order valence-corrected chi connectivity index (χ4v) is 3.45. The van der Waals surface area contributed by atoms with Gasteiger partial charge in [-0.05, 0) is 54.8 Å². The third kappa shape index (κ3) is 4.39. The second-order valence-electron chi connectivity index (χ2n) is 7.02. The van der Waals surface area contributed by atoms with Gasteiger partial charge in [0, 0.05) is 28.9 Å². The van der Waals surface area contributed by atoms with Crippen LogP contribution in [0.2, 0.25) is 5.02 Å². The molecule has 1 aliphatic heterocycles. The number of carbonyl (C=O) groups is 2. The Morgan fingerprint density at radius 1 is 1.14 bits per heavy atom. The van der Waals surface area contributed by atoms with Gasteiger partial charge in [0.25, 0.3) is 0 Å². The van der Waals surface area contributed by atoms with Gasteiger partial charge in [0.1, 0.15) is 5.75 Å². The first-order chi connectivity index (χ1) is 13.4. The van der Waals surface area contributed by atoms with Crippen molar-refractivity contribution in [3.05, 3.63) is 47.0 Å². The number of amides is 3. The van der Waals surface area contributed by atoms with E-state index < -0.39 is 6.03 Å². The molecule has 3 amide bonds. The van der Waals surface area contributed by atoms with Crippen LogP contribution in [0.15, 0.2) is 36.4 Å². The van der Waals surface area contributed by atoms with Crippen LogP contribution in [-0.2, 0) is 11.2 Å². The maximum atomic E-state index is 12.4. The van der Waals surface area contributed by atoms with Crippen molar-refractivity contribution >= 4 is 40.6 Å². The van der Waals surface area contributed by atoms with E-state index in [2.05, 4.69) is 10.6 Å². The minimum Gasteiger partial charge on any atom is -0.495 e. The Morgan fingerprint density at radius 2 is 1.93 bits per heavy atom. The first-order valence-electron chi connectivity index (χ1n) is 9.25. The SMILES string of the molecule is COc1ccc(Cl)cc1NC(=O)Nc1ccc2c(c1)CCCN2C(=O)C(C)C. The van der Waals surface area contributed by atoms with Crippen molar-refractivity contribution in [2.24, 2.45) is 5.92 Å². The molecule has 0 radical (unpaired) electrons. The predicted octanol–water partition coefficient (Wildman–Crippen LogP) is 4.93. The molecule has 7 heteroatoms. The monoisotopic (exact) mass is 401 g/mol. The predicted molar refractivity (Wildman–Crippen MR) is 113 cm³/mol. The smallest absolute Gasteiger partial charge is 0.323 e. The number of anilines is 3. The molecule has 0 spiro atoms. The van der Waals surface area contributed by atoms with Crippen LogP contribution in [-0.4, -0.2) is 25.6 Å². The Morgan fingerprint density at radius 3 is 2.64 bits per heavy atom. The lowest BCUT2D eigenvalue weighted by molar-refractivity contribution is -0.121. The fourth-order valence-electron chi connectivity index (χ4n) is 3.28. The highest BCUT2D eigenvalue weighted by Gasteiger charge is 2.24. The molecule has 0 bridgehead atoms. The summed E-state index contributed by atoms with van der Waals surface area (Å²) in [6, 6.07) is 10.2. The quantitative estimate of drug-likeness (QED) is 0.763. The molecule has 2 N–H and O–H groups in total. The molecule has 2 aromatic rings. The van der Waals surface area contributed by atoms with Gasteiger partial charge in [-0.15, -0.1) is 0 Å². The van der Waals surface area contributed by atoms with Gasteiger partial charge >= 0.3 is 6.03 Å². The van der Waals surface area contributed by atoms with Crippen molar-refractivity contribution in [3.8, 4) is 5.75 Å². The zero-order valence-electron chi connectivity index (χ0n) is 16.2. The molecule has 148 valence electrons. The van der Waals surface area contributed by atoms with E-state index in [4.69, 9.17) is 16.3 Å². The van der Waals surface area contributed by atoms with E-state index in [0.717, 1.165) is 30.6 Å². The number of nitrogens with one attached hydrogen (secondary N) is 2. The third-order valence-corrected chi connectivity index (χ3v) is 4.86. The van der Waals surface area contributed by atoms with Crippen LogP contribution in [0.1, 0.15) is 25.8 Å². The number of hydrogen-bond acceptors (Lipinski definition) is 3. The number of benzene rings is 2. The van der Waals surface area contributed by atoms with Gasteiger partial charge < -0.3 is 20.3 Å². The van der Waals surface area contributed by atoms with Crippen molar-refractivity contribution in [1.82, 2.24) is 0 Å². The number of carbonyl (C=O) groups excluding carboxylic acids is 2. The zero-order valence-corrected chi connectivity index (χ0v) is 17.0. The molecular formula is C21H24ClN3O3. The second kappa shape index (κ2) is 8.52. The van der Waals surface area contributed by atoms with E-state index in [9.17, 15) is 9.59 Å². The van der Waals surface area contributed by atoms with E-state index in [1.807, 2.05) is 30.9 Å². The number of hydrogen-bond donors (Lipinski definition) is 2. The van der Waals surface area contributed by atoms with E-state index in [1.165, 1.54) is 7.11 Å². The summed E-state index contributed by atoms with van der Waals surface area (Å²) in [5.74, 6) is 0.586. The van der Waals surface area contributed by atoms with Gasteiger partial charge in [0.15, 0.2) is 0 Å². The molecular weight excluding hydrogens is 378 g/mol. The zero-order chi connectivity index (χ0) is 20.3. The minimum absolute atomic E-state index is 0.0535. The molecule has 28 heavy (non-hydrogen) atoms. The first-order valence-corrected chi connectivity index (χ1v) is 9.62. The number of ether oxygens (including phenoxy) is 1. The molecule has 0 unspecified atom stereocenters. The number of nitrogens with zero attached hydrogens (tertiary/aromatic N) is 1. The van der Waals surface area contributed by atoms with Gasteiger partial charge in [0.2, 0.25) is 5.91 Å². The Bertz CT molecular complexity index is 898. The van der Waals surface area contributed by atoms with E-state index in [-0.39, 0.29) is 11.8 Å². The fraction of sp³-hybridized carbons (Fsp3) is 0.333. The number of urea groups is 1. The molecule has 1 aliphatic rings. The molecule has 0 saturated heterocycles. The highest BCUT2D eigenvalue weighted by Crippen LogP contribution is 2.31. The van der Waals surface area contributed by atoms with Crippen LogP contribution in [0.25, 0.3) is 0 Å². The van der Waals surface area contributed by atoms with Gasteiger partial charge in [-0.2, -0.15) is 0 Å². The largest absolute Gasteiger partial charge is 0.495 e. The minimum atomic E-state index is -0.397. The van der Waals surface area contributed by atoms with Crippen LogP contribution in [0, 0.1) is 5.92 Å². The highest BCUT2D eigenvalue weighted by molar-refractivity contribution is 6.31. The van der Waals surface area contributed by atoms with E-state index in [0.29, 0.717) is 22.1 Å². The molecule has 0 aromatic heterocycles. The normalized spacial score (nSPS) is 13.1. The summed E-state index contributed by atoms with van der Waals surface area (Å²) in [4.78, 5) is 26.7. The summed E-state index contributed by atoms with van der Waals surface area (Å²) >= 11 is 6.00. The number of fused-ring (bicyclic) bond motifs is 1. The molecule has 2 aromatic carbocycles. The first kappa shape index (κ1) is 20.0.